The van der Waals surface area contributed by atoms with Crippen LogP contribution >= 0.6 is 0 Å². The van der Waals surface area contributed by atoms with Gasteiger partial charge in [0.1, 0.15) is 5.56 Å². The smallest absolute Gasteiger partial charge is 0.282 e. The average molecular weight is 208 g/mol. The summed E-state index contributed by atoms with van der Waals surface area (Å²) in [5, 5.41) is 12.5. The van der Waals surface area contributed by atoms with Gasteiger partial charge in [-0.1, -0.05) is 12.1 Å². The summed E-state index contributed by atoms with van der Waals surface area (Å²) in [6.07, 6.45) is 0. The first-order valence-corrected chi connectivity index (χ1v) is 4.07. The van der Waals surface area contributed by atoms with E-state index in [0.717, 1.165) is 6.92 Å². The lowest BCUT2D eigenvalue weighted by atomic mass is 10.1. The Hall–Kier alpha value is -2.24. The molecule has 0 bridgehead atoms. The zero-order chi connectivity index (χ0) is 11.4. The maximum absolute atomic E-state index is 11.3. The number of nitro benzene ring substituents is 1. The van der Waals surface area contributed by atoms with E-state index in [1.807, 2.05) is 5.32 Å². The zero-order valence-electron chi connectivity index (χ0n) is 7.89. The van der Waals surface area contributed by atoms with Gasteiger partial charge in [-0.05, 0) is 6.07 Å². The van der Waals surface area contributed by atoms with Crippen LogP contribution in [0.3, 0.4) is 0 Å². The molecule has 1 aromatic carbocycles. The molecule has 0 unspecified atom stereocenters. The van der Waals surface area contributed by atoms with Crippen molar-refractivity contribution in [1.82, 2.24) is 5.32 Å². The van der Waals surface area contributed by atoms with E-state index in [0.29, 0.717) is 0 Å². The third-order valence-electron chi connectivity index (χ3n) is 1.63. The summed E-state index contributed by atoms with van der Waals surface area (Å²) in [4.78, 5) is 31.8. The lowest BCUT2D eigenvalue weighted by Gasteiger charge is -2.01. The van der Waals surface area contributed by atoms with Gasteiger partial charge in [-0.25, -0.2) is 0 Å². The molecule has 0 spiro atoms. The Balaban J connectivity index is 3.08. The van der Waals surface area contributed by atoms with E-state index >= 15 is 0 Å². The van der Waals surface area contributed by atoms with Crippen LogP contribution in [0.2, 0.25) is 0 Å². The monoisotopic (exact) mass is 208 g/mol. The van der Waals surface area contributed by atoms with Crippen LogP contribution in [0.15, 0.2) is 24.3 Å². The molecule has 0 saturated heterocycles. The summed E-state index contributed by atoms with van der Waals surface area (Å²) in [6.45, 7) is 1.16. The van der Waals surface area contributed by atoms with Crippen LogP contribution in [-0.2, 0) is 4.79 Å². The van der Waals surface area contributed by atoms with Gasteiger partial charge in [0.15, 0.2) is 0 Å². The third kappa shape index (κ3) is 2.60. The quantitative estimate of drug-likeness (QED) is 0.576. The number of hydrogen-bond acceptors (Lipinski definition) is 4. The Morgan fingerprint density at radius 2 is 1.93 bits per heavy atom. The number of rotatable bonds is 2. The molecule has 0 fully saturated rings. The van der Waals surface area contributed by atoms with Gasteiger partial charge >= 0.3 is 0 Å². The summed E-state index contributed by atoms with van der Waals surface area (Å²) in [6, 6.07) is 5.43. The molecule has 6 heteroatoms. The number of para-hydroxylation sites is 1. The normalized spacial score (nSPS) is 9.40. The van der Waals surface area contributed by atoms with Crippen LogP contribution in [0, 0.1) is 10.1 Å². The van der Waals surface area contributed by atoms with E-state index < -0.39 is 16.7 Å². The number of hydrogen-bond donors (Lipinski definition) is 1. The molecule has 0 aliphatic carbocycles. The van der Waals surface area contributed by atoms with E-state index in [9.17, 15) is 19.7 Å². The molecule has 0 aliphatic heterocycles. The Morgan fingerprint density at radius 1 is 1.33 bits per heavy atom. The molecule has 0 atom stereocenters. The fourth-order valence-corrected chi connectivity index (χ4v) is 1.05. The first-order chi connectivity index (χ1) is 7.02. The van der Waals surface area contributed by atoms with Crippen molar-refractivity contribution in [2.45, 2.75) is 6.92 Å². The first-order valence-electron chi connectivity index (χ1n) is 4.07. The van der Waals surface area contributed by atoms with Gasteiger partial charge < -0.3 is 0 Å². The van der Waals surface area contributed by atoms with Crippen molar-refractivity contribution in [3.05, 3.63) is 39.9 Å². The highest BCUT2D eigenvalue weighted by molar-refractivity contribution is 6.06. The maximum Gasteiger partial charge on any atom is 0.282 e. The van der Waals surface area contributed by atoms with Gasteiger partial charge in [-0.2, -0.15) is 0 Å². The fourth-order valence-electron chi connectivity index (χ4n) is 1.05. The Kier molecular flexibility index (Phi) is 3.12. The molecular formula is C9H8N2O4. The fraction of sp³-hybridized carbons (Fsp3) is 0.111. The summed E-state index contributed by atoms with van der Waals surface area (Å²) in [5.41, 5.74) is -0.450. The summed E-state index contributed by atoms with van der Waals surface area (Å²) in [7, 11) is 0. The minimum absolute atomic E-state index is 0.127. The van der Waals surface area contributed by atoms with Gasteiger partial charge in [0.05, 0.1) is 4.92 Å². The standard InChI is InChI=1S/C9H8N2O4/c1-6(12)10-9(13)7-4-2-3-5-8(7)11(14)15/h2-5H,1H3,(H,10,12,13). The van der Waals surface area contributed by atoms with Crippen molar-refractivity contribution in [1.29, 1.82) is 0 Å². The van der Waals surface area contributed by atoms with Gasteiger partial charge in [0, 0.05) is 13.0 Å². The predicted molar refractivity (Wildman–Crippen MR) is 51.2 cm³/mol. The molecule has 78 valence electrons. The molecule has 0 heterocycles. The second-order valence-electron chi connectivity index (χ2n) is 2.78. The number of nitrogens with zero attached hydrogens (tertiary/aromatic N) is 1. The van der Waals surface area contributed by atoms with Crippen LogP contribution < -0.4 is 5.32 Å². The van der Waals surface area contributed by atoms with E-state index in [2.05, 4.69) is 0 Å². The first kappa shape index (κ1) is 10.8. The molecule has 2 amide bonds. The van der Waals surface area contributed by atoms with Crippen LogP contribution in [0.25, 0.3) is 0 Å². The number of imide groups is 1. The predicted octanol–water partition coefficient (Wildman–Crippen LogP) is 0.871. The zero-order valence-corrected chi connectivity index (χ0v) is 7.89. The second-order valence-corrected chi connectivity index (χ2v) is 2.78. The summed E-state index contributed by atoms with van der Waals surface area (Å²) in [5.74, 6) is -1.33. The average Bonchev–Trinajstić information content (AvgIpc) is 2.16. The van der Waals surface area contributed by atoms with Crippen molar-refractivity contribution >= 4 is 17.5 Å². The van der Waals surface area contributed by atoms with Crippen molar-refractivity contribution < 1.29 is 14.5 Å². The lowest BCUT2D eigenvalue weighted by Crippen LogP contribution is -2.28. The van der Waals surface area contributed by atoms with Crippen molar-refractivity contribution in [3.63, 3.8) is 0 Å². The molecule has 15 heavy (non-hydrogen) atoms. The van der Waals surface area contributed by atoms with Crippen LogP contribution in [0.5, 0.6) is 0 Å². The number of nitro groups is 1. The topological polar surface area (TPSA) is 89.3 Å². The minimum Gasteiger partial charge on any atom is -0.292 e. The van der Waals surface area contributed by atoms with Crippen LogP contribution in [0.1, 0.15) is 17.3 Å². The van der Waals surface area contributed by atoms with E-state index in [4.69, 9.17) is 0 Å². The van der Waals surface area contributed by atoms with Gasteiger partial charge in [-0.15, -0.1) is 0 Å². The largest absolute Gasteiger partial charge is 0.292 e. The molecule has 0 radical (unpaired) electrons. The number of amides is 2. The molecule has 6 nitrogen and oxygen atoms in total. The van der Waals surface area contributed by atoms with Gasteiger partial charge in [0.25, 0.3) is 11.6 Å². The molecule has 0 aromatic heterocycles. The van der Waals surface area contributed by atoms with Crippen molar-refractivity contribution in [2.75, 3.05) is 0 Å². The van der Waals surface area contributed by atoms with Crippen molar-refractivity contribution in [3.8, 4) is 0 Å². The van der Waals surface area contributed by atoms with Crippen molar-refractivity contribution in [2.24, 2.45) is 0 Å². The highest BCUT2D eigenvalue weighted by Gasteiger charge is 2.19. The van der Waals surface area contributed by atoms with E-state index in [1.165, 1.54) is 24.3 Å². The summed E-state index contributed by atoms with van der Waals surface area (Å²) >= 11 is 0. The Morgan fingerprint density at radius 3 is 2.47 bits per heavy atom. The molecule has 0 saturated carbocycles. The van der Waals surface area contributed by atoms with Crippen LogP contribution in [0.4, 0.5) is 5.69 Å². The maximum atomic E-state index is 11.3. The molecule has 1 aromatic rings. The van der Waals surface area contributed by atoms with E-state index in [-0.39, 0.29) is 11.3 Å². The van der Waals surface area contributed by atoms with E-state index in [1.54, 1.807) is 0 Å². The minimum atomic E-state index is -0.769. The second kappa shape index (κ2) is 4.32. The molecular weight excluding hydrogens is 200 g/mol. The number of nitrogens with one attached hydrogen (secondary N) is 1. The molecule has 1 N–H and O–H groups in total. The van der Waals surface area contributed by atoms with Crippen LogP contribution in [-0.4, -0.2) is 16.7 Å². The Bertz CT molecular complexity index is 428. The Labute approximate surface area is 85.1 Å². The molecule has 1 rings (SSSR count). The van der Waals surface area contributed by atoms with Gasteiger partial charge in [-0.3, -0.25) is 25.0 Å². The highest BCUT2D eigenvalue weighted by Crippen LogP contribution is 2.16. The number of benzene rings is 1. The molecule has 0 aliphatic rings. The highest BCUT2D eigenvalue weighted by atomic mass is 16.6. The lowest BCUT2D eigenvalue weighted by molar-refractivity contribution is -0.385. The summed E-state index contributed by atoms with van der Waals surface area (Å²) < 4.78 is 0. The number of carbonyl (C=O) groups is 2. The number of carbonyl (C=O) groups excluding carboxylic acids is 2. The van der Waals surface area contributed by atoms with Gasteiger partial charge in [0.2, 0.25) is 5.91 Å². The third-order valence-corrected chi connectivity index (χ3v) is 1.63. The SMILES string of the molecule is CC(=O)NC(=O)c1ccccc1[N+](=O)[O-].